The molecule has 0 aromatic carbocycles. The van der Waals surface area contributed by atoms with E-state index in [2.05, 4.69) is 32.2 Å². The number of allylic oxidation sites excluding steroid dienone is 2. The van der Waals surface area contributed by atoms with E-state index in [0.29, 0.717) is 49.0 Å². The van der Waals surface area contributed by atoms with Gasteiger partial charge in [-0.15, -0.1) is 0 Å². The number of hydrogen-bond acceptors (Lipinski definition) is 9. The van der Waals surface area contributed by atoms with Gasteiger partial charge in [-0.05, 0) is 49.5 Å². The van der Waals surface area contributed by atoms with E-state index in [1.807, 2.05) is 11.8 Å². The van der Waals surface area contributed by atoms with Crippen LogP contribution >= 0.6 is 10.6 Å². The molecule has 1 atom stereocenters. The van der Waals surface area contributed by atoms with Gasteiger partial charge in [0.1, 0.15) is 11.4 Å². The quantitative estimate of drug-likeness (QED) is 0.310. The number of primary amides is 1. The van der Waals surface area contributed by atoms with Crippen LogP contribution in [0.15, 0.2) is 31.0 Å². The number of anilines is 3. The zero-order chi connectivity index (χ0) is 26.7. The van der Waals surface area contributed by atoms with Gasteiger partial charge in [0.25, 0.3) is 5.91 Å². The number of nitrogens with zero attached hydrogens (tertiary/aromatic N) is 4. The molecule has 1 unspecified atom stereocenters. The molecule has 0 saturated carbocycles. The lowest BCUT2D eigenvalue weighted by atomic mass is 10.1. The average molecular weight is 530 g/mol. The molecule has 2 aliphatic heterocycles. The topological polar surface area (TPSA) is 187 Å². The third kappa shape index (κ3) is 6.56. The fourth-order valence-corrected chi connectivity index (χ4v) is 5.48. The smallest absolute Gasteiger partial charge is 0.404 e. The molecule has 4 heterocycles. The number of pyridine rings is 1. The van der Waals surface area contributed by atoms with Crippen LogP contribution in [-0.4, -0.2) is 71.8 Å². The molecule has 13 heteroatoms. The molecule has 12 nitrogen and oxygen atoms in total. The van der Waals surface area contributed by atoms with Crippen molar-refractivity contribution in [2.24, 2.45) is 5.73 Å². The van der Waals surface area contributed by atoms with E-state index in [1.54, 1.807) is 18.2 Å². The number of nitrogens with one attached hydrogen (secondary N) is 2. The average Bonchev–Trinajstić information content (AvgIpc) is 2.83. The molecule has 2 aromatic heterocycles. The van der Waals surface area contributed by atoms with Gasteiger partial charge in [0.05, 0.1) is 17.1 Å². The molecule has 1 saturated heterocycles. The Morgan fingerprint density at radius 2 is 2.05 bits per heavy atom. The zero-order valence-electron chi connectivity index (χ0n) is 20.5. The summed E-state index contributed by atoms with van der Waals surface area (Å²) in [6.07, 6.45) is 4.00. The van der Waals surface area contributed by atoms with Crippen LogP contribution in [0.25, 0.3) is 11.1 Å². The molecule has 2 aliphatic rings. The fourth-order valence-electron chi connectivity index (χ4n) is 4.30. The second-order valence-electron chi connectivity index (χ2n) is 9.22. The number of nitrogens with two attached hydrogens (primary N) is 1. The number of carboxylic acid groups (broad SMARTS) is 1. The van der Waals surface area contributed by atoms with Crippen molar-refractivity contribution in [3.63, 3.8) is 0 Å². The van der Waals surface area contributed by atoms with Crippen molar-refractivity contribution in [2.45, 2.75) is 32.2 Å². The number of piperidine rings is 1. The summed E-state index contributed by atoms with van der Waals surface area (Å²) >= 11 is 0. The minimum atomic E-state index is -2.60. The van der Waals surface area contributed by atoms with E-state index in [-0.39, 0.29) is 28.9 Å². The van der Waals surface area contributed by atoms with Crippen LogP contribution in [0.1, 0.15) is 47.9 Å². The van der Waals surface area contributed by atoms with Crippen LogP contribution < -0.4 is 21.3 Å². The van der Waals surface area contributed by atoms with E-state index in [0.717, 1.165) is 17.6 Å². The van der Waals surface area contributed by atoms with Gasteiger partial charge in [-0.1, -0.05) is 12.7 Å². The standard InChI is InChI=1S/C24H31N7O5S/c1-14(2)19-10-17(11-20(29-19)15-5-8-37(35,36)9-6-15)27-22-18(21(25)32)12-26-23(30-22)31-7-3-4-16(13-31)28-24(33)34/h5,10-12,16,28,35-36H,1,3-4,6-9,13H2,2H3,(H2,25,32)(H,33,34)(H,26,27,29,30). The summed E-state index contributed by atoms with van der Waals surface area (Å²) in [7, 11) is -2.60. The summed E-state index contributed by atoms with van der Waals surface area (Å²) in [6.45, 7) is 6.86. The van der Waals surface area contributed by atoms with Crippen molar-refractivity contribution in [3.05, 3.63) is 47.9 Å². The normalized spacial score (nSPS) is 19.9. The molecular formula is C24H31N7O5S. The molecule has 2 aromatic rings. The van der Waals surface area contributed by atoms with Crippen LogP contribution in [0.5, 0.6) is 0 Å². The molecule has 0 spiro atoms. The first-order chi connectivity index (χ1) is 17.5. The highest BCUT2D eigenvalue weighted by molar-refractivity contribution is 8.24. The van der Waals surface area contributed by atoms with Gasteiger partial charge in [0.2, 0.25) is 5.95 Å². The third-order valence-corrected chi connectivity index (χ3v) is 7.78. The van der Waals surface area contributed by atoms with Crippen molar-refractivity contribution in [2.75, 3.05) is 34.8 Å². The Hall–Kier alpha value is -3.68. The number of rotatable bonds is 7. The summed E-state index contributed by atoms with van der Waals surface area (Å²) in [5.41, 5.74) is 9.20. The van der Waals surface area contributed by atoms with Gasteiger partial charge in [-0.25, -0.2) is 14.8 Å². The Morgan fingerprint density at radius 3 is 2.70 bits per heavy atom. The summed E-state index contributed by atoms with van der Waals surface area (Å²) in [4.78, 5) is 38.6. The van der Waals surface area contributed by atoms with Crippen molar-refractivity contribution < 1.29 is 23.8 Å². The molecule has 0 aliphatic carbocycles. The van der Waals surface area contributed by atoms with Gasteiger partial charge in [-0.2, -0.15) is 15.6 Å². The van der Waals surface area contributed by atoms with Crippen LogP contribution in [0.2, 0.25) is 0 Å². The highest BCUT2D eigenvalue weighted by atomic mass is 32.3. The second kappa shape index (κ2) is 10.7. The van der Waals surface area contributed by atoms with Gasteiger partial charge in [-0.3, -0.25) is 13.9 Å². The first kappa shape index (κ1) is 26.4. The van der Waals surface area contributed by atoms with E-state index in [9.17, 15) is 18.7 Å². The minimum absolute atomic E-state index is 0.0991. The summed E-state index contributed by atoms with van der Waals surface area (Å²) in [6, 6.07) is 3.32. The minimum Gasteiger partial charge on any atom is -0.465 e. The lowest BCUT2D eigenvalue weighted by molar-refractivity contribution is 0.100. The van der Waals surface area contributed by atoms with E-state index in [4.69, 9.17) is 10.8 Å². The van der Waals surface area contributed by atoms with Crippen LogP contribution in [0.4, 0.5) is 22.2 Å². The van der Waals surface area contributed by atoms with E-state index in [1.165, 1.54) is 6.20 Å². The Bertz CT molecular complexity index is 1270. The zero-order valence-corrected chi connectivity index (χ0v) is 21.3. The number of hydrogen-bond donors (Lipinski definition) is 6. The van der Waals surface area contributed by atoms with Gasteiger partial charge >= 0.3 is 6.09 Å². The number of carbonyl (C=O) groups is 2. The fraction of sp³-hybridized carbons (Fsp3) is 0.375. The SMILES string of the molecule is C=C(C)c1cc(Nc2nc(N3CCCC(NC(=O)O)C3)ncc2C(N)=O)cc(C2=CCS(O)(O)CC2)n1. The number of amides is 2. The largest absolute Gasteiger partial charge is 0.465 e. The lowest BCUT2D eigenvalue weighted by Crippen LogP contribution is -2.48. The Morgan fingerprint density at radius 1 is 1.27 bits per heavy atom. The van der Waals surface area contributed by atoms with Gasteiger partial charge < -0.3 is 26.4 Å². The van der Waals surface area contributed by atoms with Crippen LogP contribution in [0, 0.1) is 0 Å². The first-order valence-electron chi connectivity index (χ1n) is 11.8. The molecule has 37 heavy (non-hydrogen) atoms. The molecule has 2 amide bonds. The summed E-state index contributed by atoms with van der Waals surface area (Å²) in [5.74, 6) is 0.308. The molecule has 198 valence electrons. The van der Waals surface area contributed by atoms with Gasteiger partial charge in [0, 0.05) is 36.8 Å². The second-order valence-corrected chi connectivity index (χ2v) is 11.6. The van der Waals surface area contributed by atoms with E-state index >= 15 is 0 Å². The molecule has 7 N–H and O–H groups in total. The highest BCUT2D eigenvalue weighted by Crippen LogP contribution is 2.45. The molecule has 0 bridgehead atoms. The molecule has 1 fully saturated rings. The number of carbonyl (C=O) groups excluding carboxylic acids is 1. The van der Waals surface area contributed by atoms with Crippen molar-refractivity contribution in [1.29, 1.82) is 0 Å². The number of aromatic nitrogens is 3. The van der Waals surface area contributed by atoms with Crippen molar-refractivity contribution >= 4 is 51.2 Å². The monoisotopic (exact) mass is 529 g/mol. The predicted octanol–water partition coefficient (Wildman–Crippen LogP) is 3.52. The van der Waals surface area contributed by atoms with Crippen LogP contribution in [-0.2, 0) is 0 Å². The first-order valence-corrected chi connectivity index (χ1v) is 13.7. The summed E-state index contributed by atoms with van der Waals surface area (Å²) < 4.78 is 19.9. The lowest BCUT2D eigenvalue weighted by Gasteiger charge is -2.34. The predicted molar refractivity (Wildman–Crippen MR) is 144 cm³/mol. The van der Waals surface area contributed by atoms with Gasteiger partial charge in [0.15, 0.2) is 0 Å². The maximum atomic E-state index is 12.2. The highest BCUT2D eigenvalue weighted by Gasteiger charge is 2.25. The molecule has 0 radical (unpaired) electrons. The molecule has 4 rings (SSSR count). The van der Waals surface area contributed by atoms with Crippen LogP contribution in [0.3, 0.4) is 0 Å². The maximum absolute atomic E-state index is 12.2. The van der Waals surface area contributed by atoms with Crippen molar-refractivity contribution in [3.8, 4) is 0 Å². The van der Waals surface area contributed by atoms with E-state index < -0.39 is 22.6 Å². The molecular weight excluding hydrogens is 498 g/mol. The Balaban J connectivity index is 1.67. The summed E-state index contributed by atoms with van der Waals surface area (Å²) in [5, 5.41) is 14.8. The Kier molecular flexibility index (Phi) is 7.66. The third-order valence-electron chi connectivity index (χ3n) is 6.22. The van der Waals surface area contributed by atoms with Crippen molar-refractivity contribution in [1.82, 2.24) is 20.3 Å². The maximum Gasteiger partial charge on any atom is 0.404 e. The Labute approximate surface area is 216 Å².